The second kappa shape index (κ2) is 9.20. The molecule has 140 valence electrons. The Hall–Kier alpha value is -2.60. The van der Waals surface area contributed by atoms with Crippen molar-refractivity contribution in [3.8, 4) is 11.5 Å². The van der Waals surface area contributed by atoms with Crippen LogP contribution in [0.15, 0.2) is 29.3 Å². The summed E-state index contributed by atoms with van der Waals surface area (Å²) in [4.78, 5) is 17.6. The highest BCUT2D eigenvalue weighted by atomic mass is 16.5. The summed E-state index contributed by atoms with van der Waals surface area (Å²) in [6, 6.07) is 7.89. The van der Waals surface area contributed by atoms with E-state index in [9.17, 15) is 4.79 Å². The van der Waals surface area contributed by atoms with Gasteiger partial charge in [0.2, 0.25) is 6.41 Å². The van der Waals surface area contributed by atoms with E-state index in [2.05, 4.69) is 11.1 Å². The van der Waals surface area contributed by atoms with Gasteiger partial charge in [-0.3, -0.25) is 15.5 Å². The number of nitrogens with two attached hydrogens (primary N) is 1. The van der Waals surface area contributed by atoms with Gasteiger partial charge in [-0.25, -0.2) is 0 Å². The molecule has 1 amide bonds. The van der Waals surface area contributed by atoms with E-state index >= 15 is 0 Å². The molecule has 1 atom stereocenters. The van der Waals surface area contributed by atoms with Crippen molar-refractivity contribution in [1.29, 1.82) is 0 Å². The monoisotopic (exact) mass is 357 g/mol. The Kier molecular flexibility index (Phi) is 6.97. The normalized spacial score (nSPS) is 12.3. The zero-order valence-electron chi connectivity index (χ0n) is 15.9. The molecule has 1 unspecified atom stereocenters. The number of rotatable bonds is 9. The fourth-order valence-corrected chi connectivity index (χ4v) is 2.89. The number of hydrogen-bond acceptors (Lipinski definition) is 5. The minimum absolute atomic E-state index is 0.0143. The number of fused-ring (bicyclic) bond motifs is 1. The summed E-state index contributed by atoms with van der Waals surface area (Å²) in [5.74, 6) is 1.25. The second-order valence-corrected chi connectivity index (χ2v) is 5.99. The fourth-order valence-electron chi connectivity index (χ4n) is 2.89. The summed E-state index contributed by atoms with van der Waals surface area (Å²) >= 11 is 0. The summed E-state index contributed by atoms with van der Waals surface area (Å²) in [5, 5.41) is 2.03. The van der Waals surface area contributed by atoms with Gasteiger partial charge in [-0.05, 0) is 60.9 Å². The van der Waals surface area contributed by atoms with Gasteiger partial charge in [0.05, 0.1) is 18.8 Å². The Bertz CT molecular complexity index is 789. The molecule has 0 fully saturated rings. The van der Waals surface area contributed by atoms with Crippen LogP contribution in [-0.4, -0.2) is 44.0 Å². The predicted molar refractivity (Wildman–Crippen MR) is 106 cm³/mol. The number of hydrogen-bond donors (Lipinski definition) is 1. The number of carbonyl (C=O) groups excluding carboxylic acids is 1. The number of methoxy groups -OCH3 is 1. The van der Waals surface area contributed by atoms with E-state index in [0.717, 1.165) is 34.9 Å². The van der Waals surface area contributed by atoms with Gasteiger partial charge >= 0.3 is 0 Å². The first kappa shape index (κ1) is 19.7. The first-order valence-electron chi connectivity index (χ1n) is 8.78. The molecule has 0 bridgehead atoms. The van der Waals surface area contributed by atoms with E-state index in [0.29, 0.717) is 18.0 Å². The Balaban J connectivity index is 2.43. The van der Waals surface area contributed by atoms with Gasteiger partial charge in [-0.15, -0.1) is 0 Å². The lowest BCUT2D eigenvalue weighted by molar-refractivity contribution is -0.118. The molecule has 0 heterocycles. The highest BCUT2D eigenvalue weighted by Gasteiger charge is 2.12. The van der Waals surface area contributed by atoms with Crippen LogP contribution < -0.4 is 15.2 Å². The summed E-state index contributed by atoms with van der Waals surface area (Å²) < 4.78 is 10.8. The Morgan fingerprint density at radius 2 is 1.88 bits per heavy atom. The average molecular weight is 357 g/mol. The maximum absolute atomic E-state index is 11.2. The summed E-state index contributed by atoms with van der Waals surface area (Å²) in [7, 11) is 1.60. The zero-order chi connectivity index (χ0) is 19.1. The van der Waals surface area contributed by atoms with Crippen molar-refractivity contribution in [2.24, 2.45) is 10.7 Å². The van der Waals surface area contributed by atoms with Crippen molar-refractivity contribution >= 4 is 29.1 Å². The predicted octanol–water partition coefficient (Wildman–Crippen LogP) is 3.41. The SMILES string of the molecule is CCC(C=Nc1cc2cc(OCN)c(OC)cc2cc1C)N(C=O)CC. The molecule has 0 aliphatic heterocycles. The molecule has 0 saturated heterocycles. The van der Waals surface area contributed by atoms with Crippen LogP contribution in [0.4, 0.5) is 5.69 Å². The highest BCUT2D eigenvalue weighted by molar-refractivity contribution is 5.90. The average Bonchev–Trinajstić information content (AvgIpc) is 2.65. The molecule has 26 heavy (non-hydrogen) atoms. The van der Waals surface area contributed by atoms with Crippen LogP contribution >= 0.6 is 0 Å². The highest BCUT2D eigenvalue weighted by Crippen LogP contribution is 2.35. The molecule has 0 saturated carbocycles. The number of aryl methyl sites for hydroxylation is 1. The lowest BCUT2D eigenvalue weighted by Crippen LogP contribution is -2.34. The van der Waals surface area contributed by atoms with Crippen LogP contribution in [0, 0.1) is 6.92 Å². The number of carbonyl (C=O) groups is 1. The van der Waals surface area contributed by atoms with Gasteiger partial charge in [0, 0.05) is 12.8 Å². The van der Waals surface area contributed by atoms with E-state index < -0.39 is 0 Å². The van der Waals surface area contributed by atoms with Gasteiger partial charge in [-0.1, -0.05) is 6.92 Å². The summed E-state index contributed by atoms with van der Waals surface area (Å²) in [6.45, 7) is 6.75. The lowest BCUT2D eigenvalue weighted by Gasteiger charge is -2.22. The van der Waals surface area contributed by atoms with Crippen molar-refractivity contribution in [1.82, 2.24) is 4.90 Å². The van der Waals surface area contributed by atoms with Crippen molar-refractivity contribution in [3.63, 3.8) is 0 Å². The van der Waals surface area contributed by atoms with E-state index in [4.69, 9.17) is 15.2 Å². The maximum Gasteiger partial charge on any atom is 0.210 e. The smallest absolute Gasteiger partial charge is 0.210 e. The molecule has 0 aliphatic carbocycles. The molecule has 2 rings (SSSR count). The number of amides is 1. The number of benzene rings is 2. The van der Waals surface area contributed by atoms with E-state index in [1.165, 1.54) is 0 Å². The first-order chi connectivity index (χ1) is 12.6. The minimum Gasteiger partial charge on any atom is -0.493 e. The molecule has 2 aromatic carbocycles. The molecule has 0 radical (unpaired) electrons. The standard InChI is InChI=1S/C20H27N3O3/c1-5-17(23(6-2)13-24)11-22-18-8-16-10-20(26-12-21)19(25-4)9-15(16)7-14(18)3/h7-11,13,17H,5-6,12,21H2,1-4H3. The van der Waals surface area contributed by atoms with Gasteiger partial charge in [-0.2, -0.15) is 0 Å². The molecule has 0 spiro atoms. The molecule has 2 N–H and O–H groups in total. The Morgan fingerprint density at radius 3 is 2.46 bits per heavy atom. The maximum atomic E-state index is 11.2. The molecule has 0 aliphatic rings. The summed E-state index contributed by atoms with van der Waals surface area (Å²) in [6.07, 6.45) is 3.53. The van der Waals surface area contributed by atoms with E-state index in [-0.39, 0.29) is 12.8 Å². The van der Waals surface area contributed by atoms with Gasteiger partial charge < -0.3 is 14.4 Å². The summed E-state index contributed by atoms with van der Waals surface area (Å²) in [5.41, 5.74) is 7.41. The topological polar surface area (TPSA) is 77.2 Å². The third-order valence-electron chi connectivity index (χ3n) is 4.41. The minimum atomic E-state index is -0.0143. The van der Waals surface area contributed by atoms with Crippen LogP contribution in [-0.2, 0) is 4.79 Å². The van der Waals surface area contributed by atoms with Gasteiger partial charge in [0.15, 0.2) is 11.5 Å². The van der Waals surface area contributed by atoms with Crippen LogP contribution in [0.3, 0.4) is 0 Å². The first-order valence-corrected chi connectivity index (χ1v) is 8.78. The van der Waals surface area contributed by atoms with Gasteiger partial charge in [0.25, 0.3) is 0 Å². The van der Waals surface area contributed by atoms with E-state index in [1.54, 1.807) is 12.0 Å². The third-order valence-corrected chi connectivity index (χ3v) is 4.41. The lowest BCUT2D eigenvalue weighted by atomic mass is 10.0. The number of aliphatic imine (C=N–C) groups is 1. The molecule has 0 aromatic heterocycles. The molecular formula is C20H27N3O3. The van der Waals surface area contributed by atoms with Crippen molar-refractivity contribution < 1.29 is 14.3 Å². The Morgan fingerprint density at radius 1 is 1.19 bits per heavy atom. The van der Waals surface area contributed by atoms with Crippen molar-refractivity contribution in [2.75, 3.05) is 20.4 Å². The molecular weight excluding hydrogens is 330 g/mol. The van der Waals surface area contributed by atoms with Crippen LogP contribution in [0.5, 0.6) is 11.5 Å². The fraction of sp³-hybridized carbons (Fsp3) is 0.400. The molecule has 2 aromatic rings. The largest absolute Gasteiger partial charge is 0.493 e. The van der Waals surface area contributed by atoms with Crippen molar-refractivity contribution in [2.45, 2.75) is 33.2 Å². The van der Waals surface area contributed by atoms with Gasteiger partial charge in [0.1, 0.15) is 6.73 Å². The molecule has 6 nitrogen and oxygen atoms in total. The third kappa shape index (κ3) is 4.32. The Labute approximate surface area is 154 Å². The van der Waals surface area contributed by atoms with Crippen LogP contribution in [0.25, 0.3) is 10.8 Å². The molecule has 6 heteroatoms. The van der Waals surface area contributed by atoms with E-state index in [1.807, 2.05) is 45.2 Å². The van der Waals surface area contributed by atoms with Crippen molar-refractivity contribution in [3.05, 3.63) is 29.8 Å². The number of ether oxygens (including phenoxy) is 2. The van der Waals surface area contributed by atoms with Crippen LogP contribution in [0.1, 0.15) is 25.8 Å². The number of nitrogens with zero attached hydrogens (tertiary/aromatic N) is 2. The second-order valence-electron chi connectivity index (χ2n) is 5.99. The quantitative estimate of drug-likeness (QED) is 0.424. The zero-order valence-corrected chi connectivity index (χ0v) is 15.9. The van der Waals surface area contributed by atoms with Crippen LogP contribution in [0.2, 0.25) is 0 Å².